The second kappa shape index (κ2) is 8.81. The number of furan rings is 1. The predicted octanol–water partition coefficient (Wildman–Crippen LogP) is 3.13. The van der Waals surface area contributed by atoms with E-state index >= 15 is 0 Å². The van der Waals surface area contributed by atoms with E-state index in [2.05, 4.69) is 4.90 Å². The van der Waals surface area contributed by atoms with Gasteiger partial charge in [0.1, 0.15) is 11.6 Å². The van der Waals surface area contributed by atoms with Gasteiger partial charge in [-0.3, -0.25) is 9.69 Å². The zero-order chi connectivity index (χ0) is 17.5. The fourth-order valence-corrected chi connectivity index (χ4v) is 3.22. The lowest BCUT2D eigenvalue weighted by molar-refractivity contribution is -0.133. The van der Waals surface area contributed by atoms with Gasteiger partial charge in [0.05, 0.1) is 6.26 Å². The van der Waals surface area contributed by atoms with Gasteiger partial charge in [-0.1, -0.05) is 12.1 Å². The summed E-state index contributed by atoms with van der Waals surface area (Å²) in [7, 11) is 0. The Balaban J connectivity index is 1.32. The van der Waals surface area contributed by atoms with E-state index in [1.807, 2.05) is 29.2 Å². The molecule has 3 rings (SSSR count). The molecular formula is C20H25FN2O2. The van der Waals surface area contributed by atoms with Gasteiger partial charge in [0.25, 0.3) is 0 Å². The SMILES string of the molecule is O=C(CCc1ccco1)N1CCN(CCCc2ccc(F)cc2)CC1. The third-order valence-electron chi connectivity index (χ3n) is 4.74. The molecule has 0 spiro atoms. The molecule has 1 aliphatic rings. The van der Waals surface area contributed by atoms with Gasteiger partial charge in [-0.15, -0.1) is 0 Å². The van der Waals surface area contributed by atoms with E-state index in [1.165, 1.54) is 17.7 Å². The number of carbonyl (C=O) groups is 1. The maximum absolute atomic E-state index is 12.9. The van der Waals surface area contributed by atoms with Crippen LogP contribution < -0.4 is 0 Å². The highest BCUT2D eigenvalue weighted by Crippen LogP contribution is 2.10. The molecule has 0 saturated carbocycles. The van der Waals surface area contributed by atoms with Crippen LogP contribution in [0.2, 0.25) is 0 Å². The van der Waals surface area contributed by atoms with Gasteiger partial charge in [0.15, 0.2) is 0 Å². The first-order valence-electron chi connectivity index (χ1n) is 8.98. The van der Waals surface area contributed by atoms with Gasteiger partial charge < -0.3 is 9.32 Å². The molecular weight excluding hydrogens is 319 g/mol. The Morgan fingerprint density at radius 1 is 1.04 bits per heavy atom. The van der Waals surface area contributed by atoms with Crippen molar-refractivity contribution in [3.8, 4) is 0 Å². The Morgan fingerprint density at radius 3 is 2.48 bits per heavy atom. The summed E-state index contributed by atoms with van der Waals surface area (Å²) in [5.41, 5.74) is 1.17. The highest BCUT2D eigenvalue weighted by Gasteiger charge is 2.20. The van der Waals surface area contributed by atoms with E-state index < -0.39 is 0 Å². The third-order valence-corrected chi connectivity index (χ3v) is 4.74. The zero-order valence-corrected chi connectivity index (χ0v) is 14.5. The lowest BCUT2D eigenvalue weighted by Crippen LogP contribution is -2.48. The van der Waals surface area contributed by atoms with Crippen molar-refractivity contribution in [3.63, 3.8) is 0 Å². The van der Waals surface area contributed by atoms with Crippen LogP contribution >= 0.6 is 0 Å². The van der Waals surface area contributed by atoms with Crippen molar-refractivity contribution in [2.45, 2.75) is 25.7 Å². The van der Waals surface area contributed by atoms with Crippen molar-refractivity contribution in [1.29, 1.82) is 0 Å². The molecule has 0 N–H and O–H groups in total. The van der Waals surface area contributed by atoms with Crippen LogP contribution in [0.3, 0.4) is 0 Å². The number of amides is 1. The maximum atomic E-state index is 12.9. The topological polar surface area (TPSA) is 36.7 Å². The number of benzene rings is 1. The summed E-state index contributed by atoms with van der Waals surface area (Å²) in [6, 6.07) is 10.5. The van der Waals surface area contributed by atoms with Gasteiger partial charge in [0.2, 0.25) is 5.91 Å². The van der Waals surface area contributed by atoms with Crippen molar-refractivity contribution < 1.29 is 13.6 Å². The molecule has 2 aromatic rings. The lowest BCUT2D eigenvalue weighted by atomic mass is 10.1. The molecule has 0 bridgehead atoms. The first-order valence-corrected chi connectivity index (χ1v) is 8.98. The van der Waals surface area contributed by atoms with E-state index in [0.717, 1.165) is 51.3 Å². The second-order valence-electron chi connectivity index (χ2n) is 6.53. The van der Waals surface area contributed by atoms with Gasteiger partial charge in [-0.05, 0) is 49.2 Å². The second-order valence-corrected chi connectivity index (χ2v) is 6.53. The molecule has 2 heterocycles. The standard InChI is InChI=1S/C20H25FN2O2/c21-18-7-5-17(6-8-18)3-1-11-22-12-14-23(15-13-22)20(24)10-9-19-4-2-16-25-19/h2,4-8,16H,1,3,9-15H2. The number of piperazine rings is 1. The molecule has 1 amide bonds. The van der Waals surface area contributed by atoms with Crippen molar-refractivity contribution in [3.05, 3.63) is 59.8 Å². The molecule has 1 aromatic heterocycles. The van der Waals surface area contributed by atoms with E-state index in [4.69, 9.17) is 4.42 Å². The van der Waals surface area contributed by atoms with Crippen LogP contribution in [-0.4, -0.2) is 48.4 Å². The Kier molecular flexibility index (Phi) is 6.23. The number of carbonyl (C=O) groups excluding carboxylic acids is 1. The summed E-state index contributed by atoms with van der Waals surface area (Å²) in [6.07, 6.45) is 4.84. The molecule has 5 heteroatoms. The summed E-state index contributed by atoms with van der Waals surface area (Å²) >= 11 is 0. The van der Waals surface area contributed by atoms with Crippen LogP contribution in [0.5, 0.6) is 0 Å². The van der Waals surface area contributed by atoms with Crippen LogP contribution in [-0.2, 0) is 17.6 Å². The summed E-state index contributed by atoms with van der Waals surface area (Å²) in [5.74, 6) is 0.895. The zero-order valence-electron chi connectivity index (χ0n) is 14.5. The van der Waals surface area contributed by atoms with Crippen LogP contribution in [0, 0.1) is 5.82 Å². The fourth-order valence-electron chi connectivity index (χ4n) is 3.22. The Morgan fingerprint density at radius 2 is 1.80 bits per heavy atom. The third kappa shape index (κ3) is 5.43. The Bertz CT molecular complexity index is 647. The molecule has 1 fully saturated rings. The van der Waals surface area contributed by atoms with Crippen molar-refractivity contribution in [2.75, 3.05) is 32.7 Å². The summed E-state index contributed by atoms with van der Waals surface area (Å²) in [4.78, 5) is 16.6. The van der Waals surface area contributed by atoms with Crippen molar-refractivity contribution in [2.24, 2.45) is 0 Å². The molecule has 0 unspecified atom stereocenters. The Hall–Kier alpha value is -2.14. The van der Waals surface area contributed by atoms with Crippen LogP contribution in [0.1, 0.15) is 24.2 Å². The van der Waals surface area contributed by atoms with E-state index in [-0.39, 0.29) is 11.7 Å². The van der Waals surface area contributed by atoms with Gasteiger partial charge >= 0.3 is 0 Å². The highest BCUT2D eigenvalue weighted by molar-refractivity contribution is 5.76. The fraction of sp³-hybridized carbons (Fsp3) is 0.450. The Labute approximate surface area is 148 Å². The molecule has 1 aliphatic heterocycles. The van der Waals surface area contributed by atoms with Gasteiger partial charge in [-0.2, -0.15) is 0 Å². The number of rotatable bonds is 7. The van der Waals surface area contributed by atoms with Gasteiger partial charge in [0, 0.05) is 39.0 Å². The number of hydrogen-bond donors (Lipinski definition) is 0. The van der Waals surface area contributed by atoms with Crippen LogP contribution in [0.15, 0.2) is 47.1 Å². The first-order chi connectivity index (χ1) is 12.2. The number of hydrogen-bond acceptors (Lipinski definition) is 3. The molecule has 1 saturated heterocycles. The number of aryl methyl sites for hydroxylation is 2. The molecule has 1 aromatic carbocycles. The molecule has 4 nitrogen and oxygen atoms in total. The van der Waals surface area contributed by atoms with E-state index in [0.29, 0.717) is 12.8 Å². The minimum Gasteiger partial charge on any atom is -0.469 e. The number of nitrogens with zero attached hydrogens (tertiary/aromatic N) is 2. The number of halogens is 1. The molecule has 25 heavy (non-hydrogen) atoms. The van der Waals surface area contributed by atoms with E-state index in [1.54, 1.807) is 6.26 Å². The monoisotopic (exact) mass is 344 g/mol. The van der Waals surface area contributed by atoms with Crippen molar-refractivity contribution >= 4 is 5.91 Å². The van der Waals surface area contributed by atoms with Crippen LogP contribution in [0.25, 0.3) is 0 Å². The minimum atomic E-state index is -0.184. The molecule has 0 radical (unpaired) electrons. The molecule has 0 atom stereocenters. The summed E-state index contributed by atoms with van der Waals surface area (Å²) in [5, 5.41) is 0. The van der Waals surface area contributed by atoms with E-state index in [9.17, 15) is 9.18 Å². The summed E-state index contributed by atoms with van der Waals surface area (Å²) in [6.45, 7) is 4.47. The smallest absolute Gasteiger partial charge is 0.223 e. The summed E-state index contributed by atoms with van der Waals surface area (Å²) < 4.78 is 18.2. The lowest BCUT2D eigenvalue weighted by Gasteiger charge is -2.34. The van der Waals surface area contributed by atoms with Crippen LogP contribution in [0.4, 0.5) is 4.39 Å². The predicted molar refractivity (Wildman–Crippen MR) is 94.8 cm³/mol. The van der Waals surface area contributed by atoms with Gasteiger partial charge in [-0.25, -0.2) is 4.39 Å². The van der Waals surface area contributed by atoms with Crippen molar-refractivity contribution in [1.82, 2.24) is 9.80 Å². The largest absolute Gasteiger partial charge is 0.469 e. The normalized spacial score (nSPS) is 15.5. The average molecular weight is 344 g/mol. The minimum absolute atomic E-state index is 0.184. The first kappa shape index (κ1) is 17.7. The quantitative estimate of drug-likeness (QED) is 0.774. The maximum Gasteiger partial charge on any atom is 0.223 e. The molecule has 0 aliphatic carbocycles. The highest BCUT2D eigenvalue weighted by atomic mass is 19.1. The average Bonchev–Trinajstić information content (AvgIpc) is 3.15. The molecule has 134 valence electrons.